The lowest BCUT2D eigenvalue weighted by Gasteiger charge is -2.10. The molecule has 0 aliphatic heterocycles. The van der Waals surface area contributed by atoms with Gasteiger partial charge in [0.2, 0.25) is 5.91 Å². The van der Waals surface area contributed by atoms with Crippen LogP contribution in [0.4, 0.5) is 13.2 Å². The number of alkyl halides is 2. The summed E-state index contributed by atoms with van der Waals surface area (Å²) in [6.07, 6.45) is -1.57. The summed E-state index contributed by atoms with van der Waals surface area (Å²) in [4.78, 5) is 35.5. The van der Waals surface area contributed by atoms with Gasteiger partial charge in [-0.1, -0.05) is 12.1 Å². The Morgan fingerprint density at radius 2 is 1.73 bits per heavy atom. The molecule has 1 heterocycles. The Balaban J connectivity index is 1.98. The third kappa shape index (κ3) is 5.76. The first-order chi connectivity index (χ1) is 12.3. The predicted octanol–water partition coefficient (Wildman–Crippen LogP) is 1.30. The molecule has 2 rings (SSSR count). The average molecular weight is 367 g/mol. The quantitative estimate of drug-likeness (QED) is 0.774. The van der Waals surface area contributed by atoms with Gasteiger partial charge in [0.15, 0.2) is 0 Å². The second kappa shape index (κ2) is 8.84. The van der Waals surface area contributed by atoms with Crippen molar-refractivity contribution in [1.82, 2.24) is 15.2 Å². The van der Waals surface area contributed by atoms with Crippen LogP contribution in [0.2, 0.25) is 0 Å². The van der Waals surface area contributed by atoms with Gasteiger partial charge in [-0.25, -0.2) is 13.2 Å². The van der Waals surface area contributed by atoms with E-state index < -0.39 is 36.2 Å². The van der Waals surface area contributed by atoms with Gasteiger partial charge in [-0.05, 0) is 23.8 Å². The Bertz CT molecular complexity index is 835. The molecule has 0 spiro atoms. The molecule has 0 aliphatic rings. The summed E-state index contributed by atoms with van der Waals surface area (Å²) in [5.74, 6) is -1.67. The van der Waals surface area contributed by atoms with Crippen LogP contribution in [-0.4, -0.2) is 29.4 Å². The second-order valence-electron chi connectivity index (χ2n) is 5.39. The van der Waals surface area contributed by atoms with Crippen LogP contribution in [0.5, 0.6) is 0 Å². The third-order valence-corrected chi connectivity index (χ3v) is 3.38. The molecular formula is C17H16F3N3O3. The van der Waals surface area contributed by atoms with Crippen LogP contribution in [0.3, 0.4) is 0 Å². The Labute approximate surface area is 146 Å². The van der Waals surface area contributed by atoms with Crippen LogP contribution >= 0.6 is 0 Å². The molecule has 0 saturated heterocycles. The maximum Gasteiger partial charge on any atom is 0.255 e. The molecule has 1 aromatic carbocycles. The van der Waals surface area contributed by atoms with Gasteiger partial charge in [0.25, 0.3) is 17.9 Å². The van der Waals surface area contributed by atoms with Gasteiger partial charge in [-0.15, -0.1) is 0 Å². The topological polar surface area (TPSA) is 80.2 Å². The van der Waals surface area contributed by atoms with E-state index in [-0.39, 0.29) is 18.7 Å². The van der Waals surface area contributed by atoms with Crippen LogP contribution in [0.1, 0.15) is 15.9 Å². The zero-order valence-corrected chi connectivity index (χ0v) is 13.5. The number of halogens is 3. The molecule has 6 nitrogen and oxygen atoms in total. The lowest BCUT2D eigenvalue weighted by molar-refractivity contribution is -0.121. The maximum absolute atomic E-state index is 12.8. The molecule has 0 saturated carbocycles. The van der Waals surface area contributed by atoms with E-state index in [1.54, 1.807) is 0 Å². The Morgan fingerprint density at radius 3 is 2.38 bits per heavy atom. The number of carbonyl (C=O) groups is 2. The van der Waals surface area contributed by atoms with E-state index in [1.807, 2.05) is 5.32 Å². The molecule has 26 heavy (non-hydrogen) atoms. The fraction of sp³-hybridized carbons (Fsp3) is 0.235. The van der Waals surface area contributed by atoms with Gasteiger partial charge in [0.05, 0.1) is 12.1 Å². The van der Waals surface area contributed by atoms with Crippen molar-refractivity contribution in [2.75, 3.05) is 6.54 Å². The first-order valence-electron chi connectivity index (χ1n) is 7.63. The molecule has 0 aliphatic carbocycles. The lowest BCUT2D eigenvalue weighted by atomic mass is 10.2. The van der Waals surface area contributed by atoms with Crippen molar-refractivity contribution in [3.8, 4) is 0 Å². The van der Waals surface area contributed by atoms with Crippen molar-refractivity contribution in [3.63, 3.8) is 0 Å². The van der Waals surface area contributed by atoms with Crippen LogP contribution in [0.15, 0.2) is 47.4 Å². The SMILES string of the molecule is O=C(Cn1cc(C(=O)NCC(F)F)ccc1=O)NCc1ccc(F)cc1. The maximum atomic E-state index is 12.8. The predicted molar refractivity (Wildman–Crippen MR) is 87.3 cm³/mol. The molecule has 2 N–H and O–H groups in total. The standard InChI is InChI=1S/C17H16F3N3O3/c18-13-4-1-11(2-5-13)7-21-15(24)10-23-9-12(3-6-16(23)25)17(26)22-8-14(19)20/h1-6,9,14H,7-8,10H2,(H,21,24)(H,22,26). The van der Waals surface area contributed by atoms with E-state index in [0.29, 0.717) is 5.56 Å². The highest BCUT2D eigenvalue weighted by Gasteiger charge is 2.11. The normalized spacial score (nSPS) is 10.6. The monoisotopic (exact) mass is 367 g/mol. The molecule has 9 heteroatoms. The van der Waals surface area contributed by atoms with E-state index in [1.165, 1.54) is 30.3 Å². The summed E-state index contributed by atoms with van der Waals surface area (Å²) >= 11 is 0. The molecule has 0 radical (unpaired) electrons. The van der Waals surface area contributed by atoms with Crippen molar-refractivity contribution >= 4 is 11.8 Å². The minimum Gasteiger partial charge on any atom is -0.350 e. The lowest BCUT2D eigenvalue weighted by Crippen LogP contribution is -2.33. The van der Waals surface area contributed by atoms with E-state index in [2.05, 4.69) is 5.32 Å². The van der Waals surface area contributed by atoms with E-state index in [9.17, 15) is 27.6 Å². The van der Waals surface area contributed by atoms with E-state index in [4.69, 9.17) is 0 Å². The number of amides is 2. The number of hydrogen-bond acceptors (Lipinski definition) is 3. The number of nitrogens with one attached hydrogen (secondary N) is 2. The summed E-state index contributed by atoms with van der Waals surface area (Å²) in [6.45, 7) is -1.02. The molecule has 2 amide bonds. The van der Waals surface area contributed by atoms with Gasteiger partial charge < -0.3 is 15.2 Å². The largest absolute Gasteiger partial charge is 0.350 e. The highest BCUT2D eigenvalue weighted by Crippen LogP contribution is 2.02. The molecule has 2 aromatic rings. The third-order valence-electron chi connectivity index (χ3n) is 3.38. The number of benzene rings is 1. The number of carbonyl (C=O) groups excluding carboxylic acids is 2. The fourth-order valence-electron chi connectivity index (χ4n) is 2.07. The summed E-state index contributed by atoms with van der Waals surface area (Å²) < 4.78 is 38.1. The van der Waals surface area contributed by atoms with Gasteiger partial charge in [-0.3, -0.25) is 14.4 Å². The Hall–Kier alpha value is -3.10. The van der Waals surface area contributed by atoms with Gasteiger partial charge in [0.1, 0.15) is 12.4 Å². The highest BCUT2D eigenvalue weighted by molar-refractivity contribution is 5.93. The fourth-order valence-corrected chi connectivity index (χ4v) is 2.07. The molecule has 1 aromatic heterocycles. The van der Waals surface area contributed by atoms with Crippen LogP contribution in [-0.2, 0) is 17.9 Å². The van der Waals surface area contributed by atoms with Crippen molar-refractivity contribution in [1.29, 1.82) is 0 Å². The number of nitrogens with zero attached hydrogens (tertiary/aromatic N) is 1. The molecule has 0 fully saturated rings. The smallest absolute Gasteiger partial charge is 0.255 e. The number of rotatable bonds is 7. The minimum absolute atomic E-state index is 0.0171. The number of pyridine rings is 1. The van der Waals surface area contributed by atoms with Crippen LogP contribution < -0.4 is 16.2 Å². The van der Waals surface area contributed by atoms with Crippen LogP contribution in [0, 0.1) is 5.82 Å². The summed E-state index contributed by atoms with van der Waals surface area (Å²) in [5, 5.41) is 4.58. The number of hydrogen-bond donors (Lipinski definition) is 2. The van der Waals surface area contributed by atoms with Gasteiger partial charge in [0, 0.05) is 18.8 Å². The van der Waals surface area contributed by atoms with Crippen LogP contribution in [0.25, 0.3) is 0 Å². The Kier molecular flexibility index (Phi) is 6.54. The first kappa shape index (κ1) is 19.2. The van der Waals surface area contributed by atoms with Crippen molar-refractivity contribution < 1.29 is 22.8 Å². The second-order valence-corrected chi connectivity index (χ2v) is 5.39. The molecule has 0 atom stereocenters. The van der Waals surface area contributed by atoms with Crippen molar-refractivity contribution in [3.05, 3.63) is 69.9 Å². The van der Waals surface area contributed by atoms with Crippen molar-refractivity contribution in [2.45, 2.75) is 19.5 Å². The molecule has 0 bridgehead atoms. The van der Waals surface area contributed by atoms with Gasteiger partial charge >= 0.3 is 0 Å². The molecular weight excluding hydrogens is 351 g/mol. The molecule has 0 unspecified atom stereocenters. The highest BCUT2D eigenvalue weighted by atomic mass is 19.3. The average Bonchev–Trinajstić information content (AvgIpc) is 2.61. The Morgan fingerprint density at radius 1 is 1.04 bits per heavy atom. The van der Waals surface area contributed by atoms with E-state index >= 15 is 0 Å². The number of aromatic nitrogens is 1. The van der Waals surface area contributed by atoms with Gasteiger partial charge in [-0.2, -0.15) is 0 Å². The first-order valence-corrected chi connectivity index (χ1v) is 7.63. The zero-order valence-electron chi connectivity index (χ0n) is 13.5. The van der Waals surface area contributed by atoms with Crippen molar-refractivity contribution in [2.24, 2.45) is 0 Å². The molecule has 138 valence electrons. The minimum atomic E-state index is -2.69. The zero-order chi connectivity index (χ0) is 19.1. The summed E-state index contributed by atoms with van der Waals surface area (Å²) in [6, 6.07) is 7.80. The van der Waals surface area contributed by atoms with E-state index in [0.717, 1.165) is 16.8 Å². The summed E-state index contributed by atoms with van der Waals surface area (Å²) in [5.41, 5.74) is 0.135. The summed E-state index contributed by atoms with van der Waals surface area (Å²) in [7, 11) is 0.